The van der Waals surface area contributed by atoms with Crippen LogP contribution in [-0.2, 0) is 51.8 Å². The maximum absolute atomic E-state index is 11.9. The van der Waals surface area contributed by atoms with Crippen molar-refractivity contribution in [3.63, 3.8) is 0 Å². The second kappa shape index (κ2) is 23.0. The number of carbonyl (C=O) groups is 1. The van der Waals surface area contributed by atoms with E-state index in [0.717, 1.165) is 32.8 Å². The molecule has 1 radical (unpaired) electrons. The van der Waals surface area contributed by atoms with E-state index in [4.69, 9.17) is 28.4 Å². The predicted molar refractivity (Wildman–Crippen MR) is 114 cm³/mol. The number of piperazine rings is 1. The molecule has 1 amide bonds. The van der Waals surface area contributed by atoms with Gasteiger partial charge in [0, 0.05) is 38.3 Å². The number of carbonyl (C=O) groups excluding carboxylic acids is 1. The van der Waals surface area contributed by atoms with Crippen molar-refractivity contribution >= 4 is 5.91 Å². The fourth-order valence-corrected chi connectivity index (χ4v) is 2.59. The van der Waals surface area contributed by atoms with Gasteiger partial charge in [0.2, 0.25) is 5.91 Å². The molecule has 0 aromatic rings. The van der Waals surface area contributed by atoms with Crippen LogP contribution in [0.1, 0.15) is 20.3 Å². The first-order valence-corrected chi connectivity index (χ1v) is 11.1. The molecule has 183 valence electrons. The summed E-state index contributed by atoms with van der Waals surface area (Å²) in [5.41, 5.74) is 0. The van der Waals surface area contributed by atoms with Gasteiger partial charge >= 0.3 is 0 Å². The Morgan fingerprint density at radius 1 is 0.710 bits per heavy atom. The minimum atomic E-state index is 0. The van der Waals surface area contributed by atoms with Crippen LogP contribution in [0.2, 0.25) is 0 Å². The summed E-state index contributed by atoms with van der Waals surface area (Å²) in [5, 5.41) is 4.23. The van der Waals surface area contributed by atoms with E-state index < -0.39 is 0 Å². The van der Waals surface area contributed by atoms with Crippen molar-refractivity contribution in [3.8, 4) is 0 Å². The summed E-state index contributed by atoms with van der Waals surface area (Å²) >= 11 is 0. The minimum Gasteiger partial charge on any atom is -0.659 e. The number of rotatable bonds is 20. The molecule has 0 spiro atoms. The van der Waals surface area contributed by atoms with E-state index >= 15 is 0 Å². The number of amides is 1. The van der Waals surface area contributed by atoms with Crippen molar-refractivity contribution in [3.05, 3.63) is 5.32 Å². The second-order valence-electron chi connectivity index (χ2n) is 7.33. The summed E-state index contributed by atoms with van der Waals surface area (Å²) in [5.74, 6) is 0.694. The Kier molecular flexibility index (Phi) is 22.8. The van der Waals surface area contributed by atoms with Crippen LogP contribution in [0, 0.1) is 5.92 Å². The Bertz CT molecular complexity index is 400. The maximum Gasteiger partial charge on any atom is 0.224 e. The van der Waals surface area contributed by atoms with Gasteiger partial charge in [0.1, 0.15) is 0 Å². The second-order valence-corrected chi connectivity index (χ2v) is 7.33. The molecular formula is C21H41N2O7V-. The Morgan fingerprint density at radius 3 is 1.52 bits per heavy atom. The number of nitrogens with zero attached hydrogens (tertiary/aromatic N) is 2. The van der Waals surface area contributed by atoms with E-state index in [2.05, 4.69) is 19.2 Å². The molecule has 1 fully saturated rings. The monoisotopic (exact) mass is 484 g/mol. The molecule has 0 atom stereocenters. The Labute approximate surface area is 199 Å². The summed E-state index contributed by atoms with van der Waals surface area (Å²) in [4.78, 5) is 13.8. The molecule has 0 bridgehead atoms. The molecule has 0 aromatic heterocycles. The van der Waals surface area contributed by atoms with Crippen LogP contribution >= 0.6 is 0 Å². The van der Waals surface area contributed by atoms with Crippen molar-refractivity contribution in [1.29, 1.82) is 0 Å². The normalized spacial score (nSPS) is 14.1. The van der Waals surface area contributed by atoms with E-state index in [0.29, 0.717) is 85.0 Å². The van der Waals surface area contributed by atoms with Gasteiger partial charge in [-0.2, -0.15) is 0 Å². The average molecular weight is 485 g/mol. The van der Waals surface area contributed by atoms with Crippen molar-refractivity contribution in [2.45, 2.75) is 20.3 Å². The van der Waals surface area contributed by atoms with Gasteiger partial charge in [-0.15, -0.1) is 13.1 Å². The molecule has 0 unspecified atom stereocenters. The molecule has 9 nitrogen and oxygen atoms in total. The van der Waals surface area contributed by atoms with E-state index in [9.17, 15) is 4.79 Å². The number of hydrogen-bond donors (Lipinski definition) is 0. The fraction of sp³-hybridized carbons (Fsp3) is 0.952. The standard InChI is InChI=1S/C21H41N2O7.V/c1-20(2)19-30-18-17-29-16-15-28-14-13-27-12-11-26-10-9-25-8-3-21(24)23-6-4-22-5-7-23;/h20H,3-19H2,1-2H3;/q-1;. The van der Waals surface area contributed by atoms with Gasteiger partial charge in [0.25, 0.3) is 0 Å². The molecule has 31 heavy (non-hydrogen) atoms. The van der Waals surface area contributed by atoms with E-state index in [1.165, 1.54) is 0 Å². The van der Waals surface area contributed by atoms with E-state index in [1.807, 2.05) is 4.90 Å². The van der Waals surface area contributed by atoms with Crippen LogP contribution in [-0.4, -0.2) is 116 Å². The summed E-state index contributed by atoms with van der Waals surface area (Å²) in [6.07, 6.45) is 0.417. The predicted octanol–water partition coefficient (Wildman–Crippen LogP) is 1.35. The van der Waals surface area contributed by atoms with Crippen LogP contribution in [0.3, 0.4) is 0 Å². The van der Waals surface area contributed by atoms with Gasteiger partial charge in [-0.3, -0.25) is 4.79 Å². The van der Waals surface area contributed by atoms with Crippen molar-refractivity contribution in [2.75, 3.05) is 105 Å². The summed E-state index contributed by atoms with van der Waals surface area (Å²) in [6, 6.07) is 0. The van der Waals surface area contributed by atoms with Crippen LogP contribution in [0.4, 0.5) is 0 Å². The molecule has 0 N–H and O–H groups in total. The Morgan fingerprint density at radius 2 is 1.10 bits per heavy atom. The first-order valence-electron chi connectivity index (χ1n) is 11.1. The quantitative estimate of drug-likeness (QED) is 0.241. The molecule has 1 heterocycles. The molecule has 0 saturated carbocycles. The zero-order valence-corrected chi connectivity index (χ0v) is 20.7. The van der Waals surface area contributed by atoms with Crippen LogP contribution < -0.4 is 0 Å². The van der Waals surface area contributed by atoms with Crippen molar-refractivity contribution in [1.82, 2.24) is 4.90 Å². The van der Waals surface area contributed by atoms with E-state index in [1.54, 1.807) is 0 Å². The summed E-state index contributed by atoms with van der Waals surface area (Å²) < 4.78 is 32.6. The molecule has 0 aromatic carbocycles. The van der Waals surface area contributed by atoms with Gasteiger partial charge in [-0.1, -0.05) is 13.8 Å². The molecule has 1 aliphatic heterocycles. The molecule has 0 aliphatic carbocycles. The summed E-state index contributed by atoms with van der Waals surface area (Å²) in [6.45, 7) is 13.8. The minimum absolute atomic E-state index is 0. The van der Waals surface area contributed by atoms with Gasteiger partial charge in [0.05, 0.1) is 79.1 Å². The third-order valence-corrected chi connectivity index (χ3v) is 4.18. The third kappa shape index (κ3) is 20.1. The molecule has 10 heteroatoms. The van der Waals surface area contributed by atoms with Gasteiger partial charge in [-0.05, 0) is 5.92 Å². The zero-order valence-electron chi connectivity index (χ0n) is 19.3. The molecule has 1 aliphatic rings. The van der Waals surface area contributed by atoms with E-state index in [-0.39, 0.29) is 24.5 Å². The first kappa shape index (κ1) is 30.8. The van der Waals surface area contributed by atoms with Crippen molar-refractivity contribution < 1.29 is 51.8 Å². The maximum atomic E-state index is 11.9. The zero-order chi connectivity index (χ0) is 21.7. The third-order valence-electron chi connectivity index (χ3n) is 4.18. The topological polar surface area (TPSA) is 89.8 Å². The summed E-state index contributed by atoms with van der Waals surface area (Å²) in [7, 11) is 0. The van der Waals surface area contributed by atoms with Crippen LogP contribution in [0.5, 0.6) is 0 Å². The largest absolute Gasteiger partial charge is 0.659 e. The smallest absolute Gasteiger partial charge is 0.224 e. The Hall–Kier alpha value is -0.226. The van der Waals surface area contributed by atoms with Crippen LogP contribution in [0.25, 0.3) is 5.32 Å². The first-order chi connectivity index (χ1) is 14.7. The van der Waals surface area contributed by atoms with Crippen LogP contribution in [0.15, 0.2) is 0 Å². The van der Waals surface area contributed by atoms with Crippen molar-refractivity contribution in [2.24, 2.45) is 5.92 Å². The molecule has 1 saturated heterocycles. The fourth-order valence-electron chi connectivity index (χ4n) is 2.59. The van der Waals surface area contributed by atoms with Gasteiger partial charge in [-0.25, -0.2) is 0 Å². The SMILES string of the molecule is CC(C)COCCOCCOCCOCCOCCOCCC(=O)N1CC[N-]CC1.[V]. The van der Waals surface area contributed by atoms with Gasteiger partial charge in [0.15, 0.2) is 0 Å². The Balaban J connectivity index is 0.00000900. The number of hydrogen-bond acceptors (Lipinski definition) is 7. The number of ether oxygens (including phenoxy) is 6. The van der Waals surface area contributed by atoms with Gasteiger partial charge < -0.3 is 38.6 Å². The molecule has 1 rings (SSSR count). The average Bonchev–Trinajstić information content (AvgIpc) is 2.75. The molecular weight excluding hydrogens is 443 g/mol.